The molecule has 2 atom stereocenters. The van der Waals surface area contributed by atoms with Crippen LogP contribution in [0.4, 0.5) is 0 Å². The predicted octanol–water partition coefficient (Wildman–Crippen LogP) is 0.908. The molecule has 0 aromatic carbocycles. The molecule has 114 valence electrons. The van der Waals surface area contributed by atoms with E-state index in [1.807, 2.05) is 13.8 Å². The lowest BCUT2D eigenvalue weighted by Gasteiger charge is -2.13. The predicted molar refractivity (Wildman–Crippen MR) is 74.0 cm³/mol. The molecule has 2 amide bonds. The average molecular weight is 284 g/mol. The molecule has 1 rings (SSSR count). The highest BCUT2D eigenvalue weighted by molar-refractivity contribution is 5.84. The first-order valence-electron chi connectivity index (χ1n) is 7.17. The van der Waals surface area contributed by atoms with E-state index in [0.717, 1.165) is 6.42 Å². The van der Waals surface area contributed by atoms with E-state index in [-0.39, 0.29) is 30.3 Å². The standard InChI is InChI=1S/C14H24N2O4/c1-9(2)3-6-12(17)15-8-13(18)16-11-5-4-10(7-11)14(19)20/h9-11H,3-8H2,1-2H3,(H,15,17)(H,16,18)(H,19,20)/t10-,11+/m1/s1. The van der Waals surface area contributed by atoms with E-state index < -0.39 is 5.97 Å². The fraction of sp³-hybridized carbons (Fsp3) is 0.786. The third-order valence-corrected chi connectivity index (χ3v) is 3.54. The first-order valence-corrected chi connectivity index (χ1v) is 7.17. The monoisotopic (exact) mass is 284 g/mol. The van der Waals surface area contributed by atoms with Gasteiger partial charge in [0.05, 0.1) is 12.5 Å². The van der Waals surface area contributed by atoms with Crippen LogP contribution in [0.15, 0.2) is 0 Å². The SMILES string of the molecule is CC(C)CCC(=O)NCC(=O)N[C@H]1CC[C@@H](C(=O)O)C1. The lowest BCUT2D eigenvalue weighted by Crippen LogP contribution is -2.41. The van der Waals surface area contributed by atoms with Gasteiger partial charge < -0.3 is 15.7 Å². The molecule has 6 heteroatoms. The van der Waals surface area contributed by atoms with Crippen LogP contribution in [0.5, 0.6) is 0 Å². The second kappa shape index (κ2) is 7.87. The molecule has 0 saturated heterocycles. The molecule has 0 aromatic rings. The molecule has 0 unspecified atom stereocenters. The average Bonchev–Trinajstić information content (AvgIpc) is 2.82. The van der Waals surface area contributed by atoms with Crippen molar-refractivity contribution in [3.8, 4) is 0 Å². The third kappa shape index (κ3) is 6.04. The van der Waals surface area contributed by atoms with Crippen LogP contribution in [-0.4, -0.2) is 35.5 Å². The van der Waals surface area contributed by atoms with Crippen LogP contribution in [0, 0.1) is 11.8 Å². The first-order chi connectivity index (χ1) is 9.38. The normalized spacial score (nSPS) is 21.8. The lowest BCUT2D eigenvalue weighted by atomic mass is 10.1. The van der Waals surface area contributed by atoms with Crippen LogP contribution >= 0.6 is 0 Å². The van der Waals surface area contributed by atoms with Crippen molar-refractivity contribution in [1.29, 1.82) is 0 Å². The Bertz CT molecular complexity index is 368. The third-order valence-electron chi connectivity index (χ3n) is 3.54. The minimum Gasteiger partial charge on any atom is -0.481 e. The van der Waals surface area contributed by atoms with Crippen molar-refractivity contribution in [2.75, 3.05) is 6.54 Å². The van der Waals surface area contributed by atoms with E-state index >= 15 is 0 Å². The maximum atomic E-state index is 11.6. The van der Waals surface area contributed by atoms with Crippen molar-refractivity contribution in [1.82, 2.24) is 10.6 Å². The van der Waals surface area contributed by atoms with E-state index in [1.54, 1.807) is 0 Å². The van der Waals surface area contributed by atoms with Crippen LogP contribution in [0.2, 0.25) is 0 Å². The fourth-order valence-electron chi connectivity index (χ4n) is 2.30. The Morgan fingerprint density at radius 2 is 1.90 bits per heavy atom. The van der Waals surface area contributed by atoms with Crippen molar-refractivity contribution in [3.63, 3.8) is 0 Å². The summed E-state index contributed by atoms with van der Waals surface area (Å²) in [6.07, 6.45) is 2.99. The summed E-state index contributed by atoms with van der Waals surface area (Å²) in [6.45, 7) is 4.04. The molecular formula is C14H24N2O4. The molecule has 0 aliphatic heterocycles. The van der Waals surface area contributed by atoms with Gasteiger partial charge in [-0.05, 0) is 31.6 Å². The molecule has 1 saturated carbocycles. The topological polar surface area (TPSA) is 95.5 Å². The van der Waals surface area contributed by atoms with E-state index in [1.165, 1.54) is 0 Å². The van der Waals surface area contributed by atoms with Crippen molar-refractivity contribution in [3.05, 3.63) is 0 Å². The van der Waals surface area contributed by atoms with Gasteiger partial charge in [-0.1, -0.05) is 13.8 Å². The number of hydrogen-bond acceptors (Lipinski definition) is 3. The summed E-state index contributed by atoms with van der Waals surface area (Å²) < 4.78 is 0. The van der Waals surface area contributed by atoms with Gasteiger partial charge in [0.1, 0.15) is 0 Å². The van der Waals surface area contributed by atoms with Crippen molar-refractivity contribution in [2.45, 2.75) is 52.0 Å². The Hall–Kier alpha value is -1.59. The summed E-state index contributed by atoms with van der Waals surface area (Å²) in [6, 6.07) is -0.0869. The van der Waals surface area contributed by atoms with E-state index in [9.17, 15) is 14.4 Å². The highest BCUT2D eigenvalue weighted by Crippen LogP contribution is 2.25. The molecule has 0 radical (unpaired) electrons. The van der Waals surface area contributed by atoms with Gasteiger partial charge in [0.25, 0.3) is 0 Å². The zero-order valence-corrected chi connectivity index (χ0v) is 12.1. The number of carbonyl (C=O) groups excluding carboxylic acids is 2. The molecule has 3 N–H and O–H groups in total. The van der Waals surface area contributed by atoms with Crippen molar-refractivity contribution in [2.24, 2.45) is 11.8 Å². The second-order valence-electron chi connectivity index (χ2n) is 5.82. The highest BCUT2D eigenvalue weighted by atomic mass is 16.4. The summed E-state index contributed by atoms with van der Waals surface area (Å²) >= 11 is 0. The van der Waals surface area contributed by atoms with Gasteiger partial charge >= 0.3 is 5.97 Å². The number of carboxylic acids is 1. The zero-order chi connectivity index (χ0) is 15.1. The Kier molecular flexibility index (Phi) is 6.48. The number of rotatable bonds is 7. The van der Waals surface area contributed by atoms with Gasteiger partial charge in [0.15, 0.2) is 0 Å². The molecule has 1 aliphatic carbocycles. The van der Waals surface area contributed by atoms with Crippen molar-refractivity contribution < 1.29 is 19.5 Å². The van der Waals surface area contributed by atoms with Crippen LogP contribution in [0.25, 0.3) is 0 Å². The molecule has 0 aromatic heterocycles. The fourth-order valence-corrected chi connectivity index (χ4v) is 2.30. The number of aliphatic carboxylic acids is 1. The first kappa shape index (κ1) is 16.5. The van der Waals surface area contributed by atoms with E-state index in [2.05, 4.69) is 10.6 Å². The smallest absolute Gasteiger partial charge is 0.306 e. The molecule has 20 heavy (non-hydrogen) atoms. The van der Waals surface area contributed by atoms with Crippen LogP contribution < -0.4 is 10.6 Å². The van der Waals surface area contributed by atoms with E-state index in [4.69, 9.17) is 5.11 Å². The van der Waals surface area contributed by atoms with Gasteiger partial charge in [-0.15, -0.1) is 0 Å². The lowest BCUT2D eigenvalue weighted by molar-refractivity contribution is -0.141. The summed E-state index contributed by atoms with van der Waals surface area (Å²) in [5.41, 5.74) is 0. The summed E-state index contributed by atoms with van der Waals surface area (Å²) in [5.74, 6) is -1.08. The maximum absolute atomic E-state index is 11.6. The number of carbonyl (C=O) groups is 3. The zero-order valence-electron chi connectivity index (χ0n) is 12.1. The maximum Gasteiger partial charge on any atom is 0.306 e. The molecule has 6 nitrogen and oxygen atoms in total. The molecule has 1 aliphatic rings. The van der Waals surface area contributed by atoms with Gasteiger partial charge in [-0.2, -0.15) is 0 Å². The molecular weight excluding hydrogens is 260 g/mol. The Balaban J connectivity index is 2.18. The number of nitrogens with one attached hydrogen (secondary N) is 2. The second-order valence-corrected chi connectivity index (χ2v) is 5.82. The van der Waals surface area contributed by atoms with Crippen LogP contribution in [0.1, 0.15) is 46.0 Å². The number of hydrogen-bond donors (Lipinski definition) is 3. The summed E-state index contributed by atoms with van der Waals surface area (Å²) in [4.78, 5) is 33.9. The minimum absolute atomic E-state index is 0.0365. The minimum atomic E-state index is -0.802. The summed E-state index contributed by atoms with van der Waals surface area (Å²) in [5, 5.41) is 14.2. The molecule has 0 heterocycles. The van der Waals surface area contributed by atoms with Crippen LogP contribution in [0.3, 0.4) is 0 Å². The van der Waals surface area contributed by atoms with Gasteiger partial charge in [0, 0.05) is 12.5 Å². The Morgan fingerprint density at radius 1 is 1.20 bits per heavy atom. The van der Waals surface area contributed by atoms with Gasteiger partial charge in [-0.25, -0.2) is 0 Å². The molecule has 0 spiro atoms. The quantitative estimate of drug-likeness (QED) is 0.647. The summed E-state index contributed by atoms with van der Waals surface area (Å²) in [7, 11) is 0. The Morgan fingerprint density at radius 3 is 2.45 bits per heavy atom. The number of amides is 2. The van der Waals surface area contributed by atoms with Gasteiger partial charge in [0.2, 0.25) is 11.8 Å². The number of carboxylic acid groups (broad SMARTS) is 1. The largest absolute Gasteiger partial charge is 0.481 e. The molecule has 1 fully saturated rings. The Labute approximate surface area is 119 Å². The van der Waals surface area contributed by atoms with Gasteiger partial charge in [-0.3, -0.25) is 14.4 Å². The molecule has 0 bridgehead atoms. The highest BCUT2D eigenvalue weighted by Gasteiger charge is 2.30. The van der Waals surface area contributed by atoms with Crippen LogP contribution in [-0.2, 0) is 14.4 Å². The van der Waals surface area contributed by atoms with E-state index in [0.29, 0.717) is 31.6 Å². The van der Waals surface area contributed by atoms with Crippen molar-refractivity contribution >= 4 is 17.8 Å².